The highest BCUT2D eigenvalue weighted by molar-refractivity contribution is 6.07. The molecule has 1 atom stereocenters. The Labute approximate surface area is 201 Å². The summed E-state index contributed by atoms with van der Waals surface area (Å²) in [6.45, 7) is 3.01. The Bertz CT molecular complexity index is 1020. The van der Waals surface area contributed by atoms with Crippen molar-refractivity contribution in [1.82, 2.24) is 19.7 Å². The van der Waals surface area contributed by atoms with E-state index in [1.807, 2.05) is 23.1 Å². The van der Waals surface area contributed by atoms with E-state index in [-0.39, 0.29) is 18.5 Å². The molecule has 2 aliphatic heterocycles. The molecule has 3 heterocycles. The van der Waals surface area contributed by atoms with E-state index in [4.69, 9.17) is 4.74 Å². The Kier molecular flexibility index (Phi) is 6.66. The molecule has 7 nitrogen and oxygen atoms in total. The molecule has 1 aromatic heterocycles. The zero-order valence-corrected chi connectivity index (χ0v) is 20.0. The van der Waals surface area contributed by atoms with Gasteiger partial charge in [0.1, 0.15) is 5.54 Å². The van der Waals surface area contributed by atoms with Gasteiger partial charge in [0.05, 0.1) is 12.2 Å². The molecule has 0 bridgehead atoms. The highest BCUT2D eigenvalue weighted by Crippen LogP contribution is 2.39. The van der Waals surface area contributed by atoms with Crippen LogP contribution in [0, 0.1) is 0 Å². The van der Waals surface area contributed by atoms with Gasteiger partial charge in [0.25, 0.3) is 5.91 Å². The molecule has 0 unspecified atom stereocenters. The highest BCUT2D eigenvalue weighted by Gasteiger charge is 2.58. The van der Waals surface area contributed by atoms with Crippen molar-refractivity contribution in [3.63, 3.8) is 0 Å². The van der Waals surface area contributed by atoms with Crippen LogP contribution in [-0.4, -0.2) is 76.6 Å². The smallest absolute Gasteiger partial charge is 0.328 e. The Balaban J connectivity index is 1.32. The average molecular weight is 463 g/mol. The first-order valence-corrected chi connectivity index (χ1v) is 12.5. The van der Waals surface area contributed by atoms with Crippen LogP contribution in [0.1, 0.15) is 42.5 Å². The number of rotatable bonds is 7. The Morgan fingerprint density at radius 1 is 1.06 bits per heavy atom. The van der Waals surface area contributed by atoms with E-state index >= 15 is 0 Å². The summed E-state index contributed by atoms with van der Waals surface area (Å²) in [6.07, 6.45) is 7.12. The molecule has 0 radical (unpaired) electrons. The Hall–Kier alpha value is -2.77. The Morgan fingerprint density at radius 2 is 1.82 bits per heavy atom. The average Bonchev–Trinajstić information content (AvgIpc) is 3.06. The molecule has 1 spiro atoms. The number of pyridine rings is 1. The van der Waals surface area contributed by atoms with Crippen LogP contribution in [0.25, 0.3) is 0 Å². The molecule has 0 N–H and O–H groups in total. The molecular formula is C27H34N4O3. The van der Waals surface area contributed by atoms with Crippen molar-refractivity contribution < 1.29 is 14.3 Å². The molecule has 5 rings (SSSR count). The maximum atomic E-state index is 13.8. The maximum absolute atomic E-state index is 13.8. The first-order chi connectivity index (χ1) is 16.6. The van der Waals surface area contributed by atoms with Crippen molar-refractivity contribution in [2.24, 2.45) is 0 Å². The zero-order valence-electron chi connectivity index (χ0n) is 20.0. The number of aryl methyl sites for hydroxylation is 1. The summed E-state index contributed by atoms with van der Waals surface area (Å²) < 4.78 is 5.23. The summed E-state index contributed by atoms with van der Waals surface area (Å²) in [4.78, 5) is 37.4. The monoisotopic (exact) mass is 462 g/mol. The van der Waals surface area contributed by atoms with E-state index in [1.165, 1.54) is 16.0 Å². The minimum absolute atomic E-state index is 0.0609. The molecule has 3 amide bonds. The van der Waals surface area contributed by atoms with Crippen molar-refractivity contribution in [2.75, 3.05) is 33.4 Å². The highest BCUT2D eigenvalue weighted by atomic mass is 16.5. The largest absolute Gasteiger partial charge is 0.385 e. The number of hydrogen-bond donors (Lipinski definition) is 0. The number of urea groups is 1. The third-order valence-electron chi connectivity index (χ3n) is 7.86. The number of ether oxygens (including phenoxy) is 1. The molecule has 34 heavy (non-hydrogen) atoms. The van der Waals surface area contributed by atoms with Crippen molar-refractivity contribution in [3.05, 3.63) is 65.5 Å². The van der Waals surface area contributed by atoms with Gasteiger partial charge in [-0.1, -0.05) is 30.3 Å². The van der Waals surface area contributed by atoms with Crippen LogP contribution < -0.4 is 0 Å². The lowest BCUT2D eigenvalue weighted by atomic mass is 9.82. The van der Waals surface area contributed by atoms with Gasteiger partial charge < -0.3 is 9.64 Å². The molecule has 7 heteroatoms. The fraction of sp³-hybridized carbons (Fsp3) is 0.519. The lowest BCUT2D eigenvalue weighted by Gasteiger charge is -2.45. The van der Waals surface area contributed by atoms with Gasteiger partial charge in [-0.15, -0.1) is 0 Å². The maximum Gasteiger partial charge on any atom is 0.328 e. The van der Waals surface area contributed by atoms with Gasteiger partial charge in [-0.3, -0.25) is 19.6 Å². The number of amides is 3. The number of methoxy groups -OCH3 is 1. The van der Waals surface area contributed by atoms with Crippen LogP contribution >= 0.6 is 0 Å². The molecule has 1 aliphatic carbocycles. The van der Waals surface area contributed by atoms with Gasteiger partial charge in [-0.2, -0.15) is 0 Å². The molecule has 2 aromatic rings. The van der Waals surface area contributed by atoms with E-state index in [0.29, 0.717) is 32.0 Å². The first kappa shape index (κ1) is 23.0. The van der Waals surface area contributed by atoms with Gasteiger partial charge in [-0.25, -0.2) is 4.79 Å². The number of piperidine rings is 1. The van der Waals surface area contributed by atoms with Gasteiger partial charge in [0.15, 0.2) is 0 Å². The van der Waals surface area contributed by atoms with Crippen LogP contribution in [0.2, 0.25) is 0 Å². The van der Waals surface area contributed by atoms with Crippen LogP contribution in [0.15, 0.2) is 48.7 Å². The third-order valence-corrected chi connectivity index (χ3v) is 7.86. The second kappa shape index (κ2) is 9.84. The van der Waals surface area contributed by atoms with Gasteiger partial charge >= 0.3 is 6.03 Å². The van der Waals surface area contributed by atoms with Crippen molar-refractivity contribution in [1.29, 1.82) is 0 Å². The SMILES string of the molecule is COCCCN1C(=O)N(Cc2ccccn2)C(=O)C12CCN([C@H]1CCc3ccccc3C1)CC2. The second-order valence-electron chi connectivity index (χ2n) is 9.73. The molecule has 3 aliphatic rings. The topological polar surface area (TPSA) is 66.0 Å². The van der Waals surface area contributed by atoms with Crippen molar-refractivity contribution in [2.45, 2.75) is 56.7 Å². The number of carbonyl (C=O) groups is 2. The summed E-state index contributed by atoms with van der Waals surface area (Å²) in [5.74, 6) is -0.0609. The predicted molar refractivity (Wildman–Crippen MR) is 129 cm³/mol. The first-order valence-electron chi connectivity index (χ1n) is 12.5. The lowest BCUT2D eigenvalue weighted by molar-refractivity contribution is -0.136. The second-order valence-corrected chi connectivity index (χ2v) is 9.73. The van der Waals surface area contributed by atoms with Crippen LogP contribution in [0.4, 0.5) is 4.79 Å². The summed E-state index contributed by atoms with van der Waals surface area (Å²) in [6, 6.07) is 14.7. The van der Waals surface area contributed by atoms with E-state index in [2.05, 4.69) is 34.1 Å². The van der Waals surface area contributed by atoms with Crippen LogP contribution in [0.5, 0.6) is 0 Å². The Morgan fingerprint density at radius 3 is 2.56 bits per heavy atom. The van der Waals surface area contributed by atoms with Gasteiger partial charge in [0.2, 0.25) is 0 Å². The van der Waals surface area contributed by atoms with Crippen molar-refractivity contribution >= 4 is 11.9 Å². The number of benzene rings is 1. The number of imide groups is 1. The van der Waals surface area contributed by atoms with Crippen molar-refractivity contribution in [3.8, 4) is 0 Å². The fourth-order valence-electron chi connectivity index (χ4n) is 5.99. The summed E-state index contributed by atoms with van der Waals surface area (Å²) >= 11 is 0. The quantitative estimate of drug-likeness (QED) is 0.467. The van der Waals surface area contributed by atoms with E-state index in [0.717, 1.165) is 44.5 Å². The predicted octanol–water partition coefficient (Wildman–Crippen LogP) is 3.27. The number of fused-ring (bicyclic) bond motifs is 1. The third kappa shape index (κ3) is 4.23. The zero-order chi connectivity index (χ0) is 23.5. The normalized spacial score (nSPS) is 22.4. The number of likely N-dealkylation sites (tertiary alicyclic amines) is 1. The minimum atomic E-state index is -0.747. The number of carbonyl (C=O) groups excluding carboxylic acids is 2. The molecule has 1 aromatic carbocycles. The summed E-state index contributed by atoms with van der Waals surface area (Å²) in [5.41, 5.74) is 2.91. The van der Waals surface area contributed by atoms with Gasteiger partial charge in [-0.05, 0) is 61.8 Å². The number of hydrogen-bond acceptors (Lipinski definition) is 5. The fourth-order valence-corrected chi connectivity index (χ4v) is 5.99. The van der Waals surface area contributed by atoms with E-state index in [9.17, 15) is 9.59 Å². The number of aromatic nitrogens is 1. The number of nitrogens with zero attached hydrogens (tertiary/aromatic N) is 4. The van der Waals surface area contributed by atoms with E-state index < -0.39 is 5.54 Å². The summed E-state index contributed by atoms with van der Waals surface area (Å²) in [7, 11) is 1.67. The molecule has 180 valence electrons. The standard InChI is InChI=1S/C27H34N4O3/c1-34-18-6-15-31-26(33)30(20-23-9-4-5-14-28-23)25(32)27(31)12-16-29(17-13-27)24-11-10-21-7-2-3-8-22(21)19-24/h2-5,7-9,14,24H,6,10-13,15-20H2,1H3/t24-/m0/s1. The lowest BCUT2D eigenvalue weighted by Crippen LogP contribution is -2.58. The van der Waals surface area contributed by atoms with Crippen LogP contribution in [0.3, 0.4) is 0 Å². The molecule has 2 saturated heterocycles. The molecule has 0 saturated carbocycles. The van der Waals surface area contributed by atoms with E-state index in [1.54, 1.807) is 13.3 Å². The van der Waals surface area contributed by atoms with Crippen LogP contribution in [-0.2, 0) is 28.9 Å². The minimum Gasteiger partial charge on any atom is -0.385 e. The molecule has 2 fully saturated rings. The molecular weight excluding hydrogens is 428 g/mol. The van der Waals surface area contributed by atoms with Gasteiger partial charge in [0, 0.05) is 45.6 Å². The summed E-state index contributed by atoms with van der Waals surface area (Å²) in [5, 5.41) is 0.